The Labute approximate surface area is 161 Å². The van der Waals surface area contributed by atoms with Crippen LogP contribution in [0.3, 0.4) is 0 Å². The van der Waals surface area contributed by atoms with Gasteiger partial charge in [-0.3, -0.25) is 4.79 Å². The zero-order valence-electron chi connectivity index (χ0n) is 14.8. The number of rotatable bonds is 6. The fraction of sp³-hybridized carbons (Fsp3) is 0.105. The smallest absolute Gasteiger partial charge is 0.321 e. The minimum atomic E-state index is -3.64. The van der Waals surface area contributed by atoms with Gasteiger partial charge in [0.1, 0.15) is 11.6 Å². The number of hydrogen-bond acceptors (Lipinski definition) is 6. The van der Waals surface area contributed by atoms with Gasteiger partial charge in [-0.25, -0.2) is 22.8 Å². The average Bonchev–Trinajstić information content (AvgIpc) is 2.67. The SMILES string of the molecule is CS(=O)(=O)c1cc(F)ccc1CNC(=O)c1cccc(Oc2ncccn2)c1. The first-order chi connectivity index (χ1) is 13.3. The van der Waals surface area contributed by atoms with Gasteiger partial charge in [0.25, 0.3) is 5.91 Å². The molecule has 0 bridgehead atoms. The van der Waals surface area contributed by atoms with Crippen LogP contribution in [0.5, 0.6) is 11.8 Å². The lowest BCUT2D eigenvalue weighted by molar-refractivity contribution is 0.0950. The summed E-state index contributed by atoms with van der Waals surface area (Å²) < 4.78 is 42.5. The Kier molecular flexibility index (Phi) is 5.65. The van der Waals surface area contributed by atoms with Crippen molar-refractivity contribution in [1.82, 2.24) is 15.3 Å². The average molecular weight is 401 g/mol. The summed E-state index contributed by atoms with van der Waals surface area (Å²) in [5.41, 5.74) is 0.596. The van der Waals surface area contributed by atoms with E-state index in [4.69, 9.17) is 4.74 Å². The van der Waals surface area contributed by atoms with E-state index in [1.807, 2.05) is 0 Å². The highest BCUT2D eigenvalue weighted by molar-refractivity contribution is 7.90. The standard InChI is InChI=1S/C19H16FN3O4S/c1-28(25,26)17-11-15(20)7-6-14(17)12-23-18(24)13-4-2-5-16(10-13)27-19-21-8-3-9-22-19/h2-11H,12H2,1H3,(H,23,24). The van der Waals surface area contributed by atoms with Crippen molar-refractivity contribution in [2.75, 3.05) is 6.26 Å². The summed E-state index contributed by atoms with van der Waals surface area (Å²) in [5.74, 6) is -0.732. The lowest BCUT2D eigenvalue weighted by atomic mass is 10.2. The molecule has 9 heteroatoms. The lowest BCUT2D eigenvalue weighted by Crippen LogP contribution is -2.23. The van der Waals surface area contributed by atoms with Gasteiger partial charge >= 0.3 is 6.01 Å². The van der Waals surface area contributed by atoms with Crippen molar-refractivity contribution in [1.29, 1.82) is 0 Å². The summed E-state index contributed by atoms with van der Waals surface area (Å²) in [4.78, 5) is 20.2. The van der Waals surface area contributed by atoms with Crippen molar-refractivity contribution in [3.05, 3.63) is 77.9 Å². The van der Waals surface area contributed by atoms with Crippen LogP contribution in [0.15, 0.2) is 65.8 Å². The molecule has 1 N–H and O–H groups in total. The molecule has 0 atom stereocenters. The second kappa shape index (κ2) is 8.13. The molecule has 0 aliphatic rings. The Morgan fingerprint density at radius 3 is 2.57 bits per heavy atom. The fourth-order valence-electron chi connectivity index (χ4n) is 2.44. The molecule has 2 aromatic carbocycles. The highest BCUT2D eigenvalue weighted by Crippen LogP contribution is 2.20. The van der Waals surface area contributed by atoms with E-state index in [0.29, 0.717) is 16.9 Å². The van der Waals surface area contributed by atoms with E-state index in [0.717, 1.165) is 18.4 Å². The molecule has 28 heavy (non-hydrogen) atoms. The first-order valence-electron chi connectivity index (χ1n) is 8.14. The number of carbonyl (C=O) groups excluding carboxylic acids is 1. The quantitative estimate of drug-likeness (QED) is 0.682. The molecule has 0 saturated heterocycles. The summed E-state index contributed by atoms with van der Waals surface area (Å²) >= 11 is 0. The van der Waals surface area contributed by atoms with Crippen LogP contribution in [0.4, 0.5) is 4.39 Å². The van der Waals surface area contributed by atoms with E-state index in [1.54, 1.807) is 24.3 Å². The van der Waals surface area contributed by atoms with Crippen molar-refractivity contribution in [3.8, 4) is 11.8 Å². The molecular weight excluding hydrogens is 385 g/mol. The highest BCUT2D eigenvalue weighted by atomic mass is 32.2. The number of ether oxygens (including phenoxy) is 1. The first-order valence-corrected chi connectivity index (χ1v) is 10.0. The molecule has 0 fully saturated rings. The topological polar surface area (TPSA) is 98.2 Å². The zero-order valence-corrected chi connectivity index (χ0v) is 15.6. The minimum absolute atomic E-state index is 0.0750. The molecule has 1 amide bonds. The summed E-state index contributed by atoms with van der Waals surface area (Å²) in [6, 6.07) is 11.6. The van der Waals surface area contributed by atoms with E-state index in [-0.39, 0.29) is 17.5 Å². The summed E-state index contributed by atoms with van der Waals surface area (Å²) in [6.45, 7) is -0.0750. The fourth-order valence-corrected chi connectivity index (χ4v) is 3.38. The van der Waals surface area contributed by atoms with Crippen LogP contribution in [0.2, 0.25) is 0 Å². The molecule has 0 unspecified atom stereocenters. The van der Waals surface area contributed by atoms with Crippen LogP contribution < -0.4 is 10.1 Å². The Bertz CT molecular complexity index is 1110. The Balaban J connectivity index is 1.73. The third kappa shape index (κ3) is 4.89. The number of sulfone groups is 1. The number of halogens is 1. The summed E-state index contributed by atoms with van der Waals surface area (Å²) in [5, 5.41) is 2.63. The molecule has 0 saturated carbocycles. The van der Waals surface area contributed by atoms with Crippen molar-refractivity contribution >= 4 is 15.7 Å². The molecule has 0 aliphatic heterocycles. The molecule has 3 aromatic rings. The number of hydrogen-bond donors (Lipinski definition) is 1. The van der Waals surface area contributed by atoms with Crippen LogP contribution in [0.25, 0.3) is 0 Å². The number of aromatic nitrogens is 2. The van der Waals surface area contributed by atoms with E-state index in [2.05, 4.69) is 15.3 Å². The Morgan fingerprint density at radius 1 is 1.11 bits per heavy atom. The van der Waals surface area contributed by atoms with Crippen LogP contribution in [0, 0.1) is 5.82 Å². The molecule has 0 aliphatic carbocycles. The second-order valence-corrected chi connectivity index (χ2v) is 7.85. The zero-order chi connectivity index (χ0) is 20.1. The van der Waals surface area contributed by atoms with Gasteiger partial charge in [-0.15, -0.1) is 0 Å². The van der Waals surface area contributed by atoms with Gasteiger partial charge < -0.3 is 10.1 Å². The molecule has 7 nitrogen and oxygen atoms in total. The number of amides is 1. The van der Waals surface area contributed by atoms with Crippen LogP contribution >= 0.6 is 0 Å². The van der Waals surface area contributed by atoms with E-state index in [1.165, 1.54) is 24.5 Å². The van der Waals surface area contributed by atoms with Crippen LogP contribution in [0.1, 0.15) is 15.9 Å². The van der Waals surface area contributed by atoms with Gasteiger partial charge in [0.15, 0.2) is 9.84 Å². The van der Waals surface area contributed by atoms with Gasteiger partial charge in [-0.1, -0.05) is 12.1 Å². The van der Waals surface area contributed by atoms with Crippen LogP contribution in [-0.4, -0.2) is 30.5 Å². The van der Waals surface area contributed by atoms with Gasteiger partial charge in [-0.2, -0.15) is 0 Å². The normalized spacial score (nSPS) is 11.1. The summed E-state index contributed by atoms with van der Waals surface area (Å²) in [6.07, 6.45) is 4.04. The predicted octanol–water partition coefficient (Wildman–Crippen LogP) is 2.74. The van der Waals surface area contributed by atoms with Crippen molar-refractivity contribution in [3.63, 3.8) is 0 Å². The van der Waals surface area contributed by atoms with Crippen molar-refractivity contribution < 1.29 is 22.3 Å². The number of benzene rings is 2. The first kappa shape index (κ1) is 19.4. The number of nitrogens with one attached hydrogen (secondary N) is 1. The lowest BCUT2D eigenvalue weighted by Gasteiger charge is -2.10. The second-order valence-electron chi connectivity index (χ2n) is 5.87. The third-order valence-electron chi connectivity index (χ3n) is 3.72. The van der Waals surface area contributed by atoms with Crippen LogP contribution in [-0.2, 0) is 16.4 Å². The Morgan fingerprint density at radius 2 is 1.86 bits per heavy atom. The molecular formula is C19H16FN3O4S. The number of nitrogens with zero attached hydrogens (tertiary/aromatic N) is 2. The van der Waals surface area contributed by atoms with E-state index >= 15 is 0 Å². The molecule has 1 heterocycles. The maximum Gasteiger partial charge on any atom is 0.321 e. The van der Waals surface area contributed by atoms with Crippen molar-refractivity contribution in [2.24, 2.45) is 0 Å². The monoisotopic (exact) mass is 401 g/mol. The molecule has 144 valence electrons. The highest BCUT2D eigenvalue weighted by Gasteiger charge is 2.16. The maximum atomic E-state index is 13.4. The van der Waals surface area contributed by atoms with Gasteiger partial charge in [-0.05, 0) is 42.0 Å². The predicted molar refractivity (Wildman–Crippen MR) is 99.2 cm³/mol. The summed E-state index contributed by atoms with van der Waals surface area (Å²) in [7, 11) is -3.64. The Hall–Kier alpha value is -3.33. The molecule has 3 rings (SSSR count). The van der Waals surface area contributed by atoms with Gasteiger partial charge in [0.2, 0.25) is 0 Å². The molecule has 0 spiro atoms. The maximum absolute atomic E-state index is 13.4. The molecule has 1 aromatic heterocycles. The van der Waals surface area contributed by atoms with Gasteiger partial charge in [0.05, 0.1) is 4.90 Å². The van der Waals surface area contributed by atoms with E-state index < -0.39 is 21.6 Å². The number of carbonyl (C=O) groups is 1. The third-order valence-corrected chi connectivity index (χ3v) is 4.89. The van der Waals surface area contributed by atoms with E-state index in [9.17, 15) is 17.6 Å². The molecule has 0 radical (unpaired) electrons. The minimum Gasteiger partial charge on any atom is -0.424 e. The largest absolute Gasteiger partial charge is 0.424 e. The van der Waals surface area contributed by atoms with Gasteiger partial charge in [0, 0.05) is 30.8 Å². The van der Waals surface area contributed by atoms with Crippen molar-refractivity contribution in [2.45, 2.75) is 11.4 Å².